The normalized spacial score (nSPS) is 19.2. The molecule has 0 spiro atoms. The number of Topliss-reactive ketones (excluding diaryl/α,β-unsaturated/α-hetero) is 1. The van der Waals surface area contributed by atoms with E-state index in [9.17, 15) is 17.6 Å². The quantitative estimate of drug-likeness (QED) is 0.334. The van der Waals surface area contributed by atoms with Gasteiger partial charge in [0.25, 0.3) is 0 Å². The van der Waals surface area contributed by atoms with E-state index in [1.54, 1.807) is 59.5 Å². The van der Waals surface area contributed by atoms with Crippen molar-refractivity contribution in [2.45, 2.75) is 31.6 Å². The van der Waals surface area contributed by atoms with Crippen molar-refractivity contribution < 1.29 is 17.6 Å². The molecule has 0 amide bonds. The first-order valence-corrected chi connectivity index (χ1v) is 14.2. The number of piperidine rings is 1. The second-order valence-electron chi connectivity index (χ2n) is 10.2. The van der Waals surface area contributed by atoms with Crippen molar-refractivity contribution in [3.8, 4) is 5.69 Å². The molecule has 1 unspecified atom stereocenters. The predicted octanol–water partition coefficient (Wildman–Crippen LogP) is 4.93. The van der Waals surface area contributed by atoms with Crippen LogP contribution in [0.1, 0.15) is 39.3 Å². The third-order valence-electron chi connectivity index (χ3n) is 7.96. The van der Waals surface area contributed by atoms with Crippen LogP contribution in [-0.4, -0.2) is 46.4 Å². The summed E-state index contributed by atoms with van der Waals surface area (Å²) in [7, 11) is -3.86. The van der Waals surface area contributed by atoms with Gasteiger partial charge in [0.1, 0.15) is 11.5 Å². The molecule has 2 aromatic carbocycles. The van der Waals surface area contributed by atoms with E-state index >= 15 is 0 Å². The molecule has 1 fully saturated rings. The third kappa shape index (κ3) is 4.13. The number of carbonyl (C=O) groups excluding carboxylic acids is 1. The molecule has 2 aliphatic rings. The fourth-order valence-corrected chi connectivity index (χ4v) is 7.49. The lowest BCUT2D eigenvalue weighted by Gasteiger charge is -2.44. The van der Waals surface area contributed by atoms with E-state index < -0.39 is 15.4 Å². The molecule has 0 radical (unpaired) electrons. The van der Waals surface area contributed by atoms with Crippen molar-refractivity contribution in [3.05, 3.63) is 113 Å². The number of hydrogen-bond acceptors (Lipinski definition) is 5. The van der Waals surface area contributed by atoms with Gasteiger partial charge < -0.3 is 0 Å². The summed E-state index contributed by atoms with van der Waals surface area (Å²) in [6.07, 6.45) is 5.90. The molecule has 1 saturated heterocycles. The Bertz CT molecular complexity index is 1730. The number of aromatic nitrogens is 3. The first kappa shape index (κ1) is 25.3. The van der Waals surface area contributed by atoms with Gasteiger partial charge in [-0.1, -0.05) is 23.8 Å². The number of rotatable bonds is 5. The number of carbonyl (C=O) groups is 1. The van der Waals surface area contributed by atoms with Crippen LogP contribution in [0.2, 0.25) is 0 Å². The highest BCUT2D eigenvalue weighted by Gasteiger charge is 2.51. The van der Waals surface area contributed by atoms with Crippen molar-refractivity contribution >= 4 is 21.9 Å². The van der Waals surface area contributed by atoms with Gasteiger partial charge in [0.05, 0.1) is 27.9 Å². The van der Waals surface area contributed by atoms with E-state index in [-0.39, 0.29) is 36.0 Å². The lowest BCUT2D eigenvalue weighted by atomic mass is 9.65. The van der Waals surface area contributed by atoms with Gasteiger partial charge in [-0.05, 0) is 91.9 Å². The Morgan fingerprint density at radius 2 is 1.82 bits per heavy atom. The topological polar surface area (TPSA) is 85.2 Å². The van der Waals surface area contributed by atoms with Gasteiger partial charge >= 0.3 is 0 Å². The van der Waals surface area contributed by atoms with Crippen LogP contribution < -0.4 is 0 Å². The molecular formula is C30H27FN4O3S. The second-order valence-corrected chi connectivity index (χ2v) is 12.1. The fourth-order valence-electron chi connectivity index (χ4n) is 5.69. The largest absolute Gasteiger partial charge is 0.291 e. The van der Waals surface area contributed by atoms with Crippen molar-refractivity contribution in [1.29, 1.82) is 0 Å². The minimum atomic E-state index is -3.86. The zero-order valence-corrected chi connectivity index (χ0v) is 22.5. The standard InChI is InChI=1S/C30H27FN4O3S/c1-20-6-5-8-28(21(20)2)39(37,38)34-15-13-23-16-27-22(18-33-35(27)25-11-9-24(31)10-12-25)17-30(23,19-34)29(36)26-7-3-4-14-32-26/h3-12,14,16,18H,13,15,17,19H2,1-2H3. The Labute approximate surface area is 226 Å². The molecule has 6 rings (SSSR count). The maximum absolute atomic E-state index is 14.2. The average Bonchev–Trinajstić information content (AvgIpc) is 3.35. The molecule has 0 bridgehead atoms. The molecule has 0 saturated carbocycles. The average molecular weight is 543 g/mol. The van der Waals surface area contributed by atoms with Gasteiger partial charge in [-0.3, -0.25) is 9.78 Å². The second kappa shape index (κ2) is 9.36. The predicted molar refractivity (Wildman–Crippen MR) is 145 cm³/mol. The Morgan fingerprint density at radius 3 is 2.56 bits per heavy atom. The van der Waals surface area contributed by atoms with Gasteiger partial charge in [-0.2, -0.15) is 9.40 Å². The van der Waals surface area contributed by atoms with Gasteiger partial charge in [-0.15, -0.1) is 0 Å². The van der Waals surface area contributed by atoms with E-state index in [0.29, 0.717) is 23.4 Å². The van der Waals surface area contributed by atoms with Gasteiger partial charge in [0.15, 0.2) is 5.78 Å². The van der Waals surface area contributed by atoms with Gasteiger partial charge in [-0.25, -0.2) is 17.5 Å². The molecule has 0 N–H and O–H groups in total. The molecule has 39 heavy (non-hydrogen) atoms. The van der Waals surface area contributed by atoms with Crippen LogP contribution in [-0.2, 0) is 16.4 Å². The smallest absolute Gasteiger partial charge is 0.243 e. The Morgan fingerprint density at radius 1 is 1.03 bits per heavy atom. The summed E-state index contributed by atoms with van der Waals surface area (Å²) in [4.78, 5) is 18.8. The third-order valence-corrected chi connectivity index (χ3v) is 9.95. The van der Waals surface area contributed by atoms with E-state index in [0.717, 1.165) is 22.4 Å². The Balaban J connectivity index is 1.46. The molecule has 9 heteroatoms. The van der Waals surface area contributed by atoms with Crippen LogP contribution >= 0.6 is 0 Å². The van der Waals surface area contributed by atoms with Crippen LogP contribution in [0, 0.1) is 25.1 Å². The Hall–Kier alpha value is -3.95. The van der Waals surface area contributed by atoms with Gasteiger partial charge in [0, 0.05) is 19.3 Å². The molecule has 4 aromatic rings. The van der Waals surface area contributed by atoms with E-state index in [2.05, 4.69) is 10.1 Å². The van der Waals surface area contributed by atoms with Crippen molar-refractivity contribution in [2.75, 3.05) is 13.1 Å². The molecule has 1 aliphatic heterocycles. The number of hydrogen-bond donors (Lipinski definition) is 0. The van der Waals surface area contributed by atoms with Crippen LogP contribution in [0.25, 0.3) is 11.8 Å². The van der Waals surface area contributed by atoms with Crippen molar-refractivity contribution in [1.82, 2.24) is 19.1 Å². The highest BCUT2D eigenvalue weighted by Crippen LogP contribution is 2.47. The summed E-state index contributed by atoms with van der Waals surface area (Å²) in [5.74, 6) is -0.550. The van der Waals surface area contributed by atoms with Crippen molar-refractivity contribution in [2.24, 2.45) is 5.41 Å². The van der Waals surface area contributed by atoms with Gasteiger partial charge in [0.2, 0.25) is 10.0 Å². The highest BCUT2D eigenvalue weighted by molar-refractivity contribution is 7.89. The van der Waals surface area contributed by atoms with E-state index in [1.807, 2.05) is 26.0 Å². The number of sulfonamides is 1. The number of ketones is 1. The summed E-state index contributed by atoms with van der Waals surface area (Å²) in [5.41, 5.74) is 3.95. The Kier molecular flexibility index (Phi) is 6.08. The number of aryl methyl sites for hydroxylation is 1. The van der Waals surface area contributed by atoms with E-state index in [1.165, 1.54) is 16.4 Å². The summed E-state index contributed by atoms with van der Waals surface area (Å²) < 4.78 is 44.6. The zero-order valence-electron chi connectivity index (χ0n) is 21.6. The number of pyridine rings is 1. The number of nitrogens with zero attached hydrogens (tertiary/aromatic N) is 4. The minimum Gasteiger partial charge on any atom is -0.291 e. The summed E-state index contributed by atoms with van der Waals surface area (Å²) in [5, 5.41) is 4.55. The zero-order chi connectivity index (χ0) is 27.4. The minimum absolute atomic E-state index is 0.00508. The van der Waals surface area contributed by atoms with Crippen LogP contribution in [0.5, 0.6) is 0 Å². The van der Waals surface area contributed by atoms with Crippen LogP contribution in [0.15, 0.2) is 83.5 Å². The first-order chi connectivity index (χ1) is 18.7. The van der Waals surface area contributed by atoms with Crippen molar-refractivity contribution in [3.63, 3.8) is 0 Å². The van der Waals surface area contributed by atoms with E-state index in [4.69, 9.17) is 0 Å². The number of benzene rings is 2. The lowest BCUT2D eigenvalue weighted by molar-refractivity contribution is 0.0770. The fraction of sp³-hybridized carbons (Fsp3) is 0.233. The molecule has 1 atom stereocenters. The molecule has 3 heterocycles. The molecule has 198 valence electrons. The number of halogens is 1. The first-order valence-electron chi connectivity index (χ1n) is 12.8. The maximum Gasteiger partial charge on any atom is 0.243 e. The molecule has 1 aliphatic carbocycles. The lowest BCUT2D eigenvalue weighted by Crippen LogP contribution is -2.53. The highest BCUT2D eigenvalue weighted by atomic mass is 32.2. The molecule has 7 nitrogen and oxygen atoms in total. The van der Waals surface area contributed by atoms with Crippen LogP contribution in [0.4, 0.5) is 4.39 Å². The SMILES string of the molecule is Cc1cccc(S(=O)(=O)N2CCC3=Cc4c(cnn4-c4ccc(F)cc4)CC3(C(=O)c3ccccn3)C2)c1C. The monoisotopic (exact) mass is 542 g/mol. The van der Waals surface area contributed by atoms with Crippen LogP contribution in [0.3, 0.4) is 0 Å². The summed E-state index contributed by atoms with van der Waals surface area (Å²) >= 11 is 0. The molecular weight excluding hydrogens is 515 g/mol. The summed E-state index contributed by atoms with van der Waals surface area (Å²) in [6, 6.07) is 16.5. The number of fused-ring (bicyclic) bond motifs is 2. The summed E-state index contributed by atoms with van der Waals surface area (Å²) in [6.45, 7) is 3.95. The maximum atomic E-state index is 14.2. The molecule has 2 aromatic heterocycles.